The van der Waals surface area contributed by atoms with Crippen LogP contribution in [0.4, 0.5) is 5.69 Å². The number of carbonyl (C=O) groups is 2. The zero-order valence-corrected chi connectivity index (χ0v) is 21.1. The molecule has 1 amide bonds. The molecule has 0 N–H and O–H groups in total. The number of benzene rings is 2. The number of nitrogens with zero attached hydrogens (tertiary/aromatic N) is 2. The quantitative estimate of drug-likeness (QED) is 0.330. The lowest BCUT2D eigenvalue weighted by Gasteiger charge is -2.17. The van der Waals surface area contributed by atoms with E-state index in [1.807, 2.05) is 12.1 Å². The van der Waals surface area contributed by atoms with E-state index < -0.39 is 5.97 Å². The van der Waals surface area contributed by atoms with Crippen LogP contribution in [0.25, 0.3) is 6.08 Å². The Kier molecular flexibility index (Phi) is 9.01. The summed E-state index contributed by atoms with van der Waals surface area (Å²) in [6.45, 7) is 6.47. The van der Waals surface area contributed by atoms with Gasteiger partial charge in [0, 0.05) is 11.6 Å². The van der Waals surface area contributed by atoms with Crippen molar-refractivity contribution in [3.8, 4) is 11.5 Å². The second-order valence-electron chi connectivity index (χ2n) is 7.80. The normalized spacial score (nSPS) is 15.9. The average Bonchev–Trinajstić information content (AvgIpc) is 3.08. The summed E-state index contributed by atoms with van der Waals surface area (Å²) in [5.74, 6) is 0.572. The smallest absolute Gasteiger partial charge is 0.344 e. The monoisotopic (exact) mass is 502 g/mol. The van der Waals surface area contributed by atoms with Crippen LogP contribution in [0, 0.1) is 5.92 Å². The summed E-state index contributed by atoms with van der Waals surface area (Å²) in [5.41, 5.74) is 1.48. The second kappa shape index (κ2) is 11.9. The van der Waals surface area contributed by atoms with Crippen molar-refractivity contribution in [1.82, 2.24) is 4.90 Å². The molecule has 2 aromatic carbocycles. The summed E-state index contributed by atoms with van der Waals surface area (Å²) in [5, 5.41) is 1.25. The number of hydrogen-bond donors (Lipinski definition) is 0. The van der Waals surface area contributed by atoms with Gasteiger partial charge in [-0.1, -0.05) is 31.5 Å². The van der Waals surface area contributed by atoms with Crippen LogP contribution in [0.5, 0.6) is 11.5 Å². The van der Waals surface area contributed by atoms with Gasteiger partial charge in [0.1, 0.15) is 0 Å². The Morgan fingerprint density at radius 1 is 1.18 bits per heavy atom. The highest BCUT2D eigenvalue weighted by molar-refractivity contribution is 8.18. The van der Waals surface area contributed by atoms with Crippen molar-refractivity contribution in [2.24, 2.45) is 10.9 Å². The fourth-order valence-corrected chi connectivity index (χ4v) is 4.26. The highest BCUT2D eigenvalue weighted by atomic mass is 35.5. The van der Waals surface area contributed by atoms with Gasteiger partial charge in [-0.3, -0.25) is 9.69 Å². The molecule has 0 aliphatic carbocycles. The lowest BCUT2D eigenvalue weighted by atomic mass is 10.1. The van der Waals surface area contributed by atoms with E-state index in [0.29, 0.717) is 33.1 Å². The molecule has 2 aromatic rings. The third-order valence-corrected chi connectivity index (χ3v) is 5.88. The van der Waals surface area contributed by atoms with Crippen molar-refractivity contribution in [2.75, 3.05) is 26.9 Å². The van der Waals surface area contributed by atoms with Crippen molar-refractivity contribution in [1.29, 1.82) is 0 Å². The number of hydrogen-bond acceptors (Lipinski definition) is 7. The maximum absolute atomic E-state index is 13.2. The van der Waals surface area contributed by atoms with Crippen LogP contribution < -0.4 is 9.47 Å². The van der Waals surface area contributed by atoms with E-state index in [-0.39, 0.29) is 25.0 Å². The van der Waals surface area contributed by atoms with Crippen molar-refractivity contribution in [3.63, 3.8) is 0 Å². The number of carbonyl (C=O) groups excluding carboxylic acids is 2. The molecule has 7 nitrogen and oxygen atoms in total. The molecule has 0 radical (unpaired) electrons. The van der Waals surface area contributed by atoms with E-state index in [9.17, 15) is 9.59 Å². The Bertz CT molecular complexity index is 1100. The van der Waals surface area contributed by atoms with Gasteiger partial charge in [0.05, 0.1) is 24.3 Å². The van der Waals surface area contributed by atoms with Crippen LogP contribution >= 0.6 is 23.4 Å². The Morgan fingerprint density at radius 2 is 1.91 bits per heavy atom. The highest BCUT2D eigenvalue weighted by Crippen LogP contribution is 2.36. The first-order valence-electron chi connectivity index (χ1n) is 10.8. The van der Waals surface area contributed by atoms with Crippen LogP contribution in [-0.4, -0.2) is 48.8 Å². The molecule has 0 aromatic heterocycles. The predicted octanol–water partition coefficient (Wildman–Crippen LogP) is 5.55. The molecule has 1 fully saturated rings. The predicted molar refractivity (Wildman–Crippen MR) is 136 cm³/mol. The molecule has 0 bridgehead atoms. The number of esters is 1. The maximum atomic E-state index is 13.2. The first-order valence-corrected chi connectivity index (χ1v) is 12.0. The van der Waals surface area contributed by atoms with E-state index in [0.717, 1.165) is 11.3 Å². The van der Waals surface area contributed by atoms with E-state index in [1.54, 1.807) is 48.2 Å². The number of methoxy groups -OCH3 is 1. The second-order valence-corrected chi connectivity index (χ2v) is 9.24. The largest absolute Gasteiger partial charge is 0.493 e. The standard InChI is InChI=1S/C25H27ClN2O5S/c1-5-32-23(29)15-33-20-11-6-17(12-21(20)31-4)13-22-24(30)28(14-16(2)3)25(34-22)27-19-9-7-18(26)8-10-19/h6-13,16H,5,14-15H2,1-4H3/b22-13-,27-25?. The number of amidine groups is 1. The Morgan fingerprint density at radius 3 is 2.56 bits per heavy atom. The molecule has 1 saturated heterocycles. The minimum atomic E-state index is -0.457. The summed E-state index contributed by atoms with van der Waals surface area (Å²) in [6.07, 6.45) is 1.79. The van der Waals surface area contributed by atoms with Crippen LogP contribution in [0.3, 0.4) is 0 Å². The van der Waals surface area contributed by atoms with Gasteiger partial charge in [-0.2, -0.15) is 0 Å². The number of aliphatic imine (C=N–C) groups is 1. The fourth-order valence-electron chi connectivity index (χ4n) is 3.13. The Balaban J connectivity index is 1.85. The number of halogens is 1. The summed E-state index contributed by atoms with van der Waals surface area (Å²) in [7, 11) is 1.51. The van der Waals surface area contributed by atoms with Crippen LogP contribution in [0.1, 0.15) is 26.3 Å². The third-order valence-electron chi connectivity index (χ3n) is 4.62. The molecular formula is C25H27ClN2O5S. The molecule has 1 heterocycles. The molecule has 0 atom stereocenters. The van der Waals surface area contributed by atoms with Gasteiger partial charge >= 0.3 is 5.97 Å². The molecule has 3 rings (SSSR count). The molecule has 180 valence electrons. The van der Waals surface area contributed by atoms with E-state index in [2.05, 4.69) is 18.8 Å². The zero-order valence-electron chi connectivity index (χ0n) is 19.5. The Labute approximate surface area is 208 Å². The van der Waals surface area contributed by atoms with Gasteiger partial charge in [-0.05, 0) is 72.6 Å². The van der Waals surface area contributed by atoms with E-state index >= 15 is 0 Å². The SMILES string of the molecule is CCOC(=O)COc1ccc(/C=C2\SC(=Nc3ccc(Cl)cc3)N(CC(C)C)C2=O)cc1OC. The number of rotatable bonds is 9. The minimum Gasteiger partial charge on any atom is -0.493 e. The molecule has 0 unspecified atom stereocenters. The van der Waals surface area contributed by atoms with Gasteiger partial charge in [-0.15, -0.1) is 0 Å². The van der Waals surface area contributed by atoms with Crippen LogP contribution in [-0.2, 0) is 14.3 Å². The van der Waals surface area contributed by atoms with Crippen molar-refractivity contribution < 1.29 is 23.8 Å². The molecule has 34 heavy (non-hydrogen) atoms. The van der Waals surface area contributed by atoms with Crippen LogP contribution in [0.2, 0.25) is 5.02 Å². The van der Waals surface area contributed by atoms with Gasteiger partial charge in [-0.25, -0.2) is 9.79 Å². The summed E-state index contributed by atoms with van der Waals surface area (Å²) in [6, 6.07) is 12.4. The van der Waals surface area contributed by atoms with E-state index in [1.165, 1.54) is 18.9 Å². The number of thioether (sulfide) groups is 1. The van der Waals surface area contributed by atoms with Crippen LogP contribution in [0.15, 0.2) is 52.4 Å². The maximum Gasteiger partial charge on any atom is 0.344 e. The lowest BCUT2D eigenvalue weighted by Crippen LogP contribution is -2.32. The Hall–Kier alpha value is -2.97. The number of ether oxygens (including phenoxy) is 3. The molecule has 1 aliphatic rings. The highest BCUT2D eigenvalue weighted by Gasteiger charge is 2.33. The lowest BCUT2D eigenvalue weighted by molar-refractivity contribution is -0.145. The molecule has 9 heteroatoms. The van der Waals surface area contributed by atoms with E-state index in [4.69, 9.17) is 25.8 Å². The van der Waals surface area contributed by atoms with Crippen molar-refractivity contribution in [2.45, 2.75) is 20.8 Å². The van der Waals surface area contributed by atoms with Gasteiger partial charge in [0.25, 0.3) is 5.91 Å². The third kappa shape index (κ3) is 6.77. The van der Waals surface area contributed by atoms with Gasteiger partial charge in [0.15, 0.2) is 23.3 Å². The summed E-state index contributed by atoms with van der Waals surface area (Å²) < 4.78 is 15.8. The average molecular weight is 503 g/mol. The first-order chi connectivity index (χ1) is 16.3. The summed E-state index contributed by atoms with van der Waals surface area (Å²) in [4.78, 5) is 31.7. The zero-order chi connectivity index (χ0) is 24.7. The first kappa shape index (κ1) is 25.6. The fraction of sp³-hybridized carbons (Fsp3) is 0.320. The molecule has 0 saturated carbocycles. The van der Waals surface area contributed by atoms with Crippen molar-refractivity contribution in [3.05, 3.63) is 58.0 Å². The molecule has 1 aliphatic heterocycles. The van der Waals surface area contributed by atoms with Gasteiger partial charge < -0.3 is 14.2 Å². The topological polar surface area (TPSA) is 77.4 Å². The van der Waals surface area contributed by atoms with Gasteiger partial charge in [0.2, 0.25) is 0 Å². The summed E-state index contributed by atoms with van der Waals surface area (Å²) >= 11 is 7.30. The molecular weight excluding hydrogens is 476 g/mol. The van der Waals surface area contributed by atoms with Crippen molar-refractivity contribution >= 4 is 52.2 Å². The number of amides is 1. The molecule has 0 spiro atoms. The minimum absolute atomic E-state index is 0.104.